The van der Waals surface area contributed by atoms with E-state index in [1.807, 2.05) is 6.07 Å². The fourth-order valence-corrected chi connectivity index (χ4v) is 4.38. The number of amides is 2. The molecule has 4 nitrogen and oxygen atoms in total. The SMILES string of the molecule is CC1CCc2sc(C(=O)Nc3ccc(C(=O)N(C)C)c(Cl)c3)cc2C1. The van der Waals surface area contributed by atoms with Crippen molar-refractivity contribution >= 4 is 40.4 Å². The minimum atomic E-state index is -0.164. The number of rotatable bonds is 3. The number of nitrogens with one attached hydrogen (secondary N) is 1. The first kappa shape index (κ1) is 18.0. The van der Waals surface area contributed by atoms with E-state index in [1.165, 1.54) is 21.8 Å². The first-order valence-electron chi connectivity index (χ1n) is 8.29. The minimum Gasteiger partial charge on any atom is -0.345 e. The Bertz CT molecular complexity index is 829. The summed E-state index contributed by atoms with van der Waals surface area (Å²) in [4.78, 5) is 28.1. The summed E-state index contributed by atoms with van der Waals surface area (Å²) >= 11 is 7.78. The highest BCUT2D eigenvalue weighted by atomic mass is 35.5. The number of hydrogen-bond donors (Lipinski definition) is 1. The Hall–Kier alpha value is -1.85. The number of thiophene rings is 1. The van der Waals surface area contributed by atoms with Gasteiger partial charge in [0.1, 0.15) is 0 Å². The molecular formula is C19H21ClN2O2S. The fraction of sp³-hybridized carbons (Fsp3) is 0.368. The van der Waals surface area contributed by atoms with Gasteiger partial charge in [0, 0.05) is 24.7 Å². The number of benzene rings is 1. The van der Waals surface area contributed by atoms with Gasteiger partial charge in [-0.05, 0) is 55.0 Å². The standard InChI is InChI=1S/C19H21ClN2O2S/c1-11-4-7-16-12(8-11)9-17(25-16)18(23)21-13-5-6-14(15(20)10-13)19(24)22(2)3/h5-6,9-11H,4,7-8H2,1-3H3,(H,21,23). The molecule has 0 saturated carbocycles. The van der Waals surface area contributed by atoms with Gasteiger partial charge in [0.15, 0.2) is 0 Å². The molecule has 0 spiro atoms. The molecule has 1 aliphatic carbocycles. The van der Waals surface area contributed by atoms with Crippen molar-refractivity contribution < 1.29 is 9.59 Å². The van der Waals surface area contributed by atoms with Crippen molar-refractivity contribution in [2.45, 2.75) is 26.2 Å². The number of halogens is 1. The van der Waals surface area contributed by atoms with Gasteiger partial charge in [0.05, 0.1) is 15.5 Å². The number of hydrogen-bond acceptors (Lipinski definition) is 3. The van der Waals surface area contributed by atoms with Gasteiger partial charge in [-0.2, -0.15) is 0 Å². The minimum absolute atomic E-state index is 0.130. The number of fused-ring (bicyclic) bond motifs is 1. The molecule has 2 aromatic rings. The van der Waals surface area contributed by atoms with Crippen LogP contribution in [-0.2, 0) is 12.8 Å². The Kier molecular flexibility index (Phi) is 5.16. The number of nitrogens with zero attached hydrogens (tertiary/aromatic N) is 1. The van der Waals surface area contributed by atoms with E-state index in [4.69, 9.17) is 11.6 Å². The Morgan fingerprint density at radius 2 is 2.04 bits per heavy atom. The van der Waals surface area contributed by atoms with Crippen molar-refractivity contribution in [2.75, 3.05) is 19.4 Å². The third-order valence-corrected chi connectivity index (χ3v) is 5.97. The average molecular weight is 377 g/mol. The van der Waals surface area contributed by atoms with E-state index in [2.05, 4.69) is 12.2 Å². The highest BCUT2D eigenvalue weighted by Crippen LogP contribution is 2.32. The molecule has 132 valence electrons. The summed E-state index contributed by atoms with van der Waals surface area (Å²) in [7, 11) is 3.35. The number of carbonyl (C=O) groups excluding carboxylic acids is 2. The summed E-state index contributed by atoms with van der Waals surface area (Å²) in [6, 6.07) is 6.97. The van der Waals surface area contributed by atoms with E-state index in [0.717, 1.165) is 17.7 Å². The van der Waals surface area contributed by atoms with Gasteiger partial charge in [-0.15, -0.1) is 11.3 Å². The molecular weight excluding hydrogens is 356 g/mol. The largest absolute Gasteiger partial charge is 0.345 e. The first-order chi connectivity index (χ1) is 11.8. The monoisotopic (exact) mass is 376 g/mol. The van der Waals surface area contributed by atoms with E-state index in [9.17, 15) is 9.59 Å². The third kappa shape index (κ3) is 3.88. The maximum atomic E-state index is 12.5. The Labute approximate surface area is 156 Å². The van der Waals surface area contributed by atoms with Crippen LogP contribution in [-0.4, -0.2) is 30.8 Å². The van der Waals surface area contributed by atoms with Gasteiger partial charge in [-0.1, -0.05) is 18.5 Å². The summed E-state index contributed by atoms with van der Waals surface area (Å²) < 4.78 is 0. The summed E-state index contributed by atoms with van der Waals surface area (Å²) in [5, 5.41) is 3.21. The van der Waals surface area contributed by atoms with Crippen LogP contribution >= 0.6 is 22.9 Å². The van der Waals surface area contributed by atoms with Crippen molar-refractivity contribution in [3.8, 4) is 0 Å². The lowest BCUT2D eigenvalue weighted by molar-refractivity contribution is 0.0827. The predicted octanol–water partition coefficient (Wildman–Crippen LogP) is 4.48. The molecule has 0 radical (unpaired) electrons. The molecule has 1 aromatic heterocycles. The van der Waals surface area contributed by atoms with Crippen LogP contribution in [0.15, 0.2) is 24.3 Å². The van der Waals surface area contributed by atoms with E-state index >= 15 is 0 Å². The molecule has 0 bridgehead atoms. The van der Waals surface area contributed by atoms with Crippen molar-refractivity contribution in [1.29, 1.82) is 0 Å². The average Bonchev–Trinajstić information content (AvgIpc) is 2.97. The third-order valence-electron chi connectivity index (χ3n) is 4.42. The Morgan fingerprint density at radius 1 is 1.28 bits per heavy atom. The van der Waals surface area contributed by atoms with Gasteiger partial charge < -0.3 is 10.2 Å². The van der Waals surface area contributed by atoms with Crippen molar-refractivity contribution in [1.82, 2.24) is 4.90 Å². The smallest absolute Gasteiger partial charge is 0.265 e. The molecule has 1 heterocycles. The second-order valence-corrected chi connectivity index (χ2v) is 8.30. The van der Waals surface area contributed by atoms with Crippen molar-refractivity contribution in [3.05, 3.63) is 50.2 Å². The van der Waals surface area contributed by atoms with E-state index in [-0.39, 0.29) is 11.8 Å². The van der Waals surface area contributed by atoms with E-state index in [0.29, 0.717) is 22.2 Å². The normalized spacial score (nSPS) is 16.2. The highest BCUT2D eigenvalue weighted by Gasteiger charge is 2.21. The molecule has 1 unspecified atom stereocenters. The molecule has 1 N–H and O–H groups in total. The lowest BCUT2D eigenvalue weighted by Crippen LogP contribution is -2.22. The van der Waals surface area contributed by atoms with Gasteiger partial charge in [-0.3, -0.25) is 9.59 Å². The Balaban J connectivity index is 1.75. The fourth-order valence-electron chi connectivity index (χ4n) is 3.02. The molecule has 0 aliphatic heterocycles. The van der Waals surface area contributed by atoms with Crippen LogP contribution in [0.2, 0.25) is 5.02 Å². The highest BCUT2D eigenvalue weighted by molar-refractivity contribution is 7.14. The van der Waals surface area contributed by atoms with Crippen LogP contribution in [0.25, 0.3) is 0 Å². The predicted molar refractivity (Wildman–Crippen MR) is 103 cm³/mol. The molecule has 1 atom stereocenters. The maximum Gasteiger partial charge on any atom is 0.265 e. The lowest BCUT2D eigenvalue weighted by atomic mass is 9.90. The Morgan fingerprint density at radius 3 is 2.72 bits per heavy atom. The summed E-state index contributed by atoms with van der Waals surface area (Å²) in [5.41, 5.74) is 2.31. The van der Waals surface area contributed by atoms with Gasteiger partial charge in [0.2, 0.25) is 0 Å². The molecule has 0 saturated heterocycles. The zero-order valence-electron chi connectivity index (χ0n) is 14.6. The molecule has 3 rings (SSSR count). The van der Waals surface area contributed by atoms with Crippen LogP contribution in [0.3, 0.4) is 0 Å². The molecule has 0 fully saturated rings. The summed E-state index contributed by atoms with van der Waals surface area (Å²) in [6.45, 7) is 2.25. The maximum absolute atomic E-state index is 12.5. The topological polar surface area (TPSA) is 49.4 Å². The summed E-state index contributed by atoms with van der Waals surface area (Å²) in [5.74, 6) is 0.385. The van der Waals surface area contributed by atoms with Gasteiger partial charge in [-0.25, -0.2) is 0 Å². The second-order valence-electron chi connectivity index (χ2n) is 6.76. The van der Waals surface area contributed by atoms with Crippen LogP contribution in [0.1, 0.15) is 43.8 Å². The van der Waals surface area contributed by atoms with E-state index < -0.39 is 0 Å². The molecule has 25 heavy (non-hydrogen) atoms. The molecule has 1 aromatic carbocycles. The number of aryl methyl sites for hydroxylation is 1. The first-order valence-corrected chi connectivity index (χ1v) is 9.48. The molecule has 1 aliphatic rings. The van der Waals surface area contributed by atoms with Crippen LogP contribution in [0.5, 0.6) is 0 Å². The second kappa shape index (κ2) is 7.18. The summed E-state index contributed by atoms with van der Waals surface area (Å²) in [6.07, 6.45) is 3.29. The van der Waals surface area contributed by atoms with Crippen molar-refractivity contribution in [2.24, 2.45) is 5.92 Å². The molecule has 2 amide bonds. The molecule has 6 heteroatoms. The number of carbonyl (C=O) groups is 2. The number of anilines is 1. The van der Waals surface area contributed by atoms with Crippen LogP contribution in [0, 0.1) is 5.92 Å². The van der Waals surface area contributed by atoms with Crippen molar-refractivity contribution in [3.63, 3.8) is 0 Å². The zero-order chi connectivity index (χ0) is 18.1. The zero-order valence-corrected chi connectivity index (χ0v) is 16.1. The van der Waals surface area contributed by atoms with Crippen LogP contribution in [0.4, 0.5) is 5.69 Å². The lowest BCUT2D eigenvalue weighted by Gasteiger charge is -2.16. The van der Waals surface area contributed by atoms with E-state index in [1.54, 1.807) is 43.6 Å². The van der Waals surface area contributed by atoms with Gasteiger partial charge >= 0.3 is 0 Å². The quantitative estimate of drug-likeness (QED) is 0.858. The van der Waals surface area contributed by atoms with Crippen LogP contribution < -0.4 is 5.32 Å². The van der Waals surface area contributed by atoms with Gasteiger partial charge in [0.25, 0.3) is 11.8 Å².